The summed E-state index contributed by atoms with van der Waals surface area (Å²) in [7, 11) is 0. The first-order valence-corrected chi connectivity index (χ1v) is 11.0. The predicted molar refractivity (Wildman–Crippen MR) is 120 cm³/mol. The number of rotatable bonds is 8. The summed E-state index contributed by atoms with van der Waals surface area (Å²) in [6.45, 7) is 4.62. The number of ether oxygens (including phenoxy) is 1. The van der Waals surface area contributed by atoms with Crippen LogP contribution < -0.4 is 10.1 Å². The van der Waals surface area contributed by atoms with E-state index in [9.17, 15) is 9.90 Å². The van der Waals surface area contributed by atoms with Crippen molar-refractivity contribution in [1.82, 2.24) is 10.2 Å². The van der Waals surface area contributed by atoms with Crippen LogP contribution in [0.5, 0.6) is 5.75 Å². The summed E-state index contributed by atoms with van der Waals surface area (Å²) in [5.74, 6) is 0.628. The molecule has 1 amide bonds. The summed E-state index contributed by atoms with van der Waals surface area (Å²) in [4.78, 5) is 14.4. The predicted octanol–water partition coefficient (Wildman–Crippen LogP) is 3.60. The number of aryl methyl sites for hydroxylation is 1. The Morgan fingerprint density at radius 3 is 2.80 bits per heavy atom. The van der Waals surface area contributed by atoms with Crippen LogP contribution in [0.2, 0.25) is 5.02 Å². The molecule has 30 heavy (non-hydrogen) atoms. The minimum Gasteiger partial charge on any atom is -0.489 e. The highest BCUT2D eigenvalue weighted by molar-refractivity contribution is 6.32. The molecule has 162 valence electrons. The number of nitrogens with one attached hydrogen (secondary N) is 1. The van der Waals surface area contributed by atoms with Crippen LogP contribution >= 0.6 is 11.6 Å². The average molecular weight is 431 g/mol. The molecule has 2 aromatic rings. The zero-order valence-electron chi connectivity index (χ0n) is 17.6. The fourth-order valence-corrected chi connectivity index (χ4v) is 3.89. The van der Waals surface area contributed by atoms with E-state index in [1.807, 2.05) is 43.3 Å². The lowest BCUT2D eigenvalue weighted by atomic mass is 9.96. The number of carbonyl (C=O) groups is 1. The molecule has 0 saturated carbocycles. The smallest absolute Gasteiger partial charge is 0.234 e. The second-order valence-electron chi connectivity index (χ2n) is 8.16. The van der Waals surface area contributed by atoms with Crippen LogP contribution in [0.3, 0.4) is 0 Å². The van der Waals surface area contributed by atoms with Gasteiger partial charge in [-0.25, -0.2) is 0 Å². The summed E-state index contributed by atoms with van der Waals surface area (Å²) < 4.78 is 5.85. The van der Waals surface area contributed by atoms with E-state index in [1.54, 1.807) is 0 Å². The number of benzene rings is 2. The standard InChI is InChI=1S/C24H31ClN2O3/c1-19-8-9-21(25)22(16-19)30-18-24(29)11-5-14-27(15-12-24)17-23(28)26-13-10-20-6-3-2-4-7-20/h2-4,6-9,16,29H,5,10-15,17-18H2,1H3,(H,26,28)/t24-/m1/s1. The van der Waals surface area contributed by atoms with Gasteiger partial charge in [0.25, 0.3) is 0 Å². The van der Waals surface area contributed by atoms with Gasteiger partial charge in [0, 0.05) is 13.1 Å². The molecular formula is C24H31ClN2O3. The maximum Gasteiger partial charge on any atom is 0.234 e. The van der Waals surface area contributed by atoms with E-state index in [2.05, 4.69) is 22.3 Å². The van der Waals surface area contributed by atoms with E-state index in [0.29, 0.717) is 43.2 Å². The van der Waals surface area contributed by atoms with Crippen molar-refractivity contribution in [3.05, 3.63) is 64.7 Å². The van der Waals surface area contributed by atoms with Gasteiger partial charge in [-0.05, 0) is 62.4 Å². The molecule has 1 aliphatic heterocycles. The first kappa shape index (κ1) is 22.6. The highest BCUT2D eigenvalue weighted by atomic mass is 35.5. The molecule has 0 aromatic heterocycles. The van der Waals surface area contributed by atoms with Gasteiger partial charge >= 0.3 is 0 Å². The number of hydrogen-bond donors (Lipinski definition) is 2. The monoisotopic (exact) mass is 430 g/mol. The minimum absolute atomic E-state index is 0.0270. The summed E-state index contributed by atoms with van der Waals surface area (Å²) >= 11 is 6.19. The number of halogens is 1. The van der Waals surface area contributed by atoms with E-state index in [-0.39, 0.29) is 12.5 Å². The molecule has 0 unspecified atom stereocenters. The topological polar surface area (TPSA) is 61.8 Å². The molecule has 0 spiro atoms. The van der Waals surface area contributed by atoms with E-state index >= 15 is 0 Å². The Bertz CT molecular complexity index is 830. The van der Waals surface area contributed by atoms with Gasteiger partial charge in [0.15, 0.2) is 0 Å². The van der Waals surface area contributed by atoms with Crippen molar-refractivity contribution in [3.63, 3.8) is 0 Å². The van der Waals surface area contributed by atoms with Crippen molar-refractivity contribution in [2.24, 2.45) is 0 Å². The molecule has 0 aliphatic carbocycles. The number of nitrogens with zero attached hydrogens (tertiary/aromatic N) is 1. The van der Waals surface area contributed by atoms with Crippen molar-refractivity contribution >= 4 is 17.5 Å². The lowest BCUT2D eigenvalue weighted by molar-refractivity contribution is -0.122. The molecule has 0 radical (unpaired) electrons. The minimum atomic E-state index is -0.911. The van der Waals surface area contributed by atoms with Crippen molar-refractivity contribution in [2.75, 3.05) is 32.8 Å². The van der Waals surface area contributed by atoms with E-state index in [1.165, 1.54) is 5.56 Å². The van der Waals surface area contributed by atoms with Gasteiger partial charge in [-0.3, -0.25) is 9.69 Å². The molecule has 3 rings (SSSR count). The van der Waals surface area contributed by atoms with Gasteiger partial charge in [0.1, 0.15) is 12.4 Å². The molecule has 1 heterocycles. The van der Waals surface area contributed by atoms with Crippen molar-refractivity contribution < 1.29 is 14.6 Å². The van der Waals surface area contributed by atoms with Crippen LogP contribution in [-0.2, 0) is 11.2 Å². The highest BCUT2D eigenvalue weighted by Gasteiger charge is 2.31. The van der Waals surface area contributed by atoms with Crippen LogP contribution in [0.25, 0.3) is 0 Å². The molecule has 5 nitrogen and oxygen atoms in total. The lowest BCUT2D eigenvalue weighted by Crippen LogP contribution is -2.40. The first-order chi connectivity index (χ1) is 14.4. The van der Waals surface area contributed by atoms with E-state index in [4.69, 9.17) is 16.3 Å². The van der Waals surface area contributed by atoms with Gasteiger partial charge in [-0.2, -0.15) is 0 Å². The number of amides is 1. The van der Waals surface area contributed by atoms with Gasteiger partial charge in [-0.1, -0.05) is 48.0 Å². The van der Waals surface area contributed by atoms with Gasteiger partial charge < -0.3 is 15.2 Å². The molecule has 1 saturated heterocycles. The molecule has 1 fully saturated rings. The second kappa shape index (κ2) is 10.8. The zero-order valence-corrected chi connectivity index (χ0v) is 18.3. The third-order valence-electron chi connectivity index (χ3n) is 5.54. The number of carbonyl (C=O) groups excluding carboxylic acids is 1. The molecule has 1 atom stereocenters. The van der Waals surface area contributed by atoms with Crippen LogP contribution in [0.15, 0.2) is 48.5 Å². The fourth-order valence-electron chi connectivity index (χ4n) is 3.72. The van der Waals surface area contributed by atoms with Crippen molar-refractivity contribution in [3.8, 4) is 5.75 Å². The largest absolute Gasteiger partial charge is 0.489 e. The molecule has 6 heteroatoms. The van der Waals surface area contributed by atoms with Gasteiger partial charge in [0.2, 0.25) is 5.91 Å². The van der Waals surface area contributed by atoms with E-state index in [0.717, 1.165) is 24.9 Å². The van der Waals surface area contributed by atoms with Crippen molar-refractivity contribution in [1.29, 1.82) is 0 Å². The summed E-state index contributed by atoms with van der Waals surface area (Å²) in [5.41, 5.74) is 1.36. The number of aliphatic hydroxyl groups is 1. The Labute approximate surface area is 184 Å². The SMILES string of the molecule is Cc1ccc(Cl)c(OC[C@@]2(O)CCCN(CC(=O)NCCc3ccccc3)CC2)c1. The summed E-state index contributed by atoms with van der Waals surface area (Å²) in [5, 5.41) is 14.5. The van der Waals surface area contributed by atoms with Gasteiger partial charge in [-0.15, -0.1) is 0 Å². The maximum atomic E-state index is 12.3. The normalized spacial score (nSPS) is 19.8. The first-order valence-electron chi connectivity index (χ1n) is 10.6. The van der Waals surface area contributed by atoms with Crippen LogP contribution in [0.1, 0.15) is 30.4 Å². The van der Waals surface area contributed by atoms with Gasteiger partial charge in [0.05, 0.1) is 17.2 Å². The average Bonchev–Trinajstić information content (AvgIpc) is 2.91. The Hall–Kier alpha value is -2.08. The van der Waals surface area contributed by atoms with Crippen LogP contribution in [0, 0.1) is 6.92 Å². The number of likely N-dealkylation sites (tertiary alicyclic amines) is 1. The molecular weight excluding hydrogens is 400 g/mol. The highest BCUT2D eigenvalue weighted by Crippen LogP contribution is 2.28. The van der Waals surface area contributed by atoms with E-state index < -0.39 is 5.60 Å². The Kier molecular flexibility index (Phi) is 8.14. The third-order valence-corrected chi connectivity index (χ3v) is 5.85. The Morgan fingerprint density at radius 2 is 2.00 bits per heavy atom. The van der Waals surface area contributed by atoms with Crippen LogP contribution in [0.4, 0.5) is 0 Å². The molecule has 2 aromatic carbocycles. The second-order valence-corrected chi connectivity index (χ2v) is 8.57. The molecule has 0 bridgehead atoms. The fraction of sp³-hybridized carbons (Fsp3) is 0.458. The Balaban J connectivity index is 1.42. The number of hydrogen-bond acceptors (Lipinski definition) is 4. The van der Waals surface area contributed by atoms with Crippen molar-refractivity contribution in [2.45, 2.75) is 38.2 Å². The molecule has 1 aliphatic rings. The maximum absolute atomic E-state index is 12.3. The lowest BCUT2D eigenvalue weighted by Gasteiger charge is -2.27. The third kappa shape index (κ3) is 7.01. The quantitative estimate of drug-likeness (QED) is 0.671. The Morgan fingerprint density at radius 1 is 1.20 bits per heavy atom. The summed E-state index contributed by atoms with van der Waals surface area (Å²) in [6, 6.07) is 15.7. The zero-order chi connectivity index (χ0) is 21.4. The van der Waals surface area contributed by atoms with Crippen LogP contribution in [-0.4, -0.2) is 54.3 Å². The molecule has 2 N–H and O–H groups in total. The summed E-state index contributed by atoms with van der Waals surface area (Å²) in [6.07, 6.45) is 2.85.